The molecular weight excluding hydrogens is 799 g/mol. The van der Waals surface area contributed by atoms with E-state index in [0.717, 1.165) is 48.7 Å². The van der Waals surface area contributed by atoms with E-state index in [-0.39, 0.29) is 43.8 Å². The summed E-state index contributed by atoms with van der Waals surface area (Å²) in [5, 5.41) is 31.4. The van der Waals surface area contributed by atoms with Crippen LogP contribution in [0.3, 0.4) is 0 Å². The molecule has 7 N–H and O–H groups in total. The number of fused-ring (bicyclic) bond motifs is 2. The van der Waals surface area contributed by atoms with Crippen molar-refractivity contribution in [2.45, 2.75) is 50.5 Å². The minimum atomic E-state index is -1.28. The van der Waals surface area contributed by atoms with E-state index in [9.17, 15) is 29.1 Å². The third-order valence-corrected chi connectivity index (χ3v) is 10.6. The van der Waals surface area contributed by atoms with Crippen LogP contribution in [-0.4, -0.2) is 87.2 Å². The largest absolute Gasteiger partial charge is 0.484 e. The van der Waals surface area contributed by atoms with Crippen molar-refractivity contribution in [2.24, 2.45) is 5.11 Å². The van der Waals surface area contributed by atoms with Gasteiger partial charge in [-0.1, -0.05) is 36.5 Å². The smallest absolute Gasteiger partial charge is 0.341 e. The number of hydrogen-bond donors (Lipinski definition) is 7. The highest BCUT2D eigenvalue weighted by molar-refractivity contribution is 6.01. The van der Waals surface area contributed by atoms with E-state index in [4.69, 9.17) is 25.1 Å². The zero-order valence-corrected chi connectivity index (χ0v) is 33.3. The third kappa shape index (κ3) is 10.5. The number of amides is 3. The Morgan fingerprint density at radius 1 is 0.823 bits per heavy atom. The third-order valence-electron chi connectivity index (χ3n) is 10.6. The van der Waals surface area contributed by atoms with Crippen molar-refractivity contribution in [2.75, 3.05) is 26.3 Å². The molecule has 18 heteroatoms. The summed E-state index contributed by atoms with van der Waals surface area (Å²) in [5.74, 6) is -2.12. The maximum absolute atomic E-state index is 13.9. The van der Waals surface area contributed by atoms with Crippen molar-refractivity contribution in [3.63, 3.8) is 0 Å². The molecule has 3 amide bonds. The van der Waals surface area contributed by atoms with Crippen LogP contribution < -0.4 is 25.4 Å². The fourth-order valence-electron chi connectivity index (χ4n) is 7.48. The molecule has 18 nitrogen and oxygen atoms in total. The van der Waals surface area contributed by atoms with E-state index >= 15 is 0 Å². The molecule has 0 aliphatic heterocycles. The molecule has 318 valence electrons. The van der Waals surface area contributed by atoms with Gasteiger partial charge in [-0.3, -0.25) is 14.4 Å². The SMILES string of the molecule is [N-]=[N+]=Nc1ccc(C(=O)NCCNC(=O)COc2ccc(-c3nc4c(C5CCCCC5)cc(C(=O)N[C@@H](Cc5c[nH]c6ccc(OCC(=O)O)cc56)C(=O)O)cc4[nH]3)cc2)cc1. The number of aliphatic carboxylic acids is 2. The molecule has 1 atom stereocenters. The molecule has 4 aromatic carbocycles. The Labute approximate surface area is 353 Å². The first-order chi connectivity index (χ1) is 30.0. The predicted octanol–water partition coefficient (Wildman–Crippen LogP) is 6.51. The molecule has 62 heavy (non-hydrogen) atoms. The Hall–Kier alpha value is -7.85. The molecule has 0 unspecified atom stereocenters. The summed E-state index contributed by atoms with van der Waals surface area (Å²) in [6.45, 7) is -0.399. The Morgan fingerprint density at radius 2 is 1.55 bits per heavy atom. The molecule has 1 saturated carbocycles. The van der Waals surface area contributed by atoms with Gasteiger partial charge >= 0.3 is 11.9 Å². The van der Waals surface area contributed by atoms with Crippen LogP contribution in [-0.2, 0) is 20.8 Å². The van der Waals surface area contributed by atoms with Crippen molar-refractivity contribution in [1.82, 2.24) is 30.9 Å². The molecule has 0 saturated heterocycles. The number of aromatic amines is 2. The van der Waals surface area contributed by atoms with Gasteiger partial charge in [-0.15, -0.1) is 0 Å². The van der Waals surface area contributed by atoms with E-state index in [1.165, 1.54) is 24.3 Å². The van der Waals surface area contributed by atoms with Gasteiger partial charge in [0.1, 0.15) is 23.4 Å². The number of H-pyrrole nitrogens is 2. The highest BCUT2D eigenvalue weighted by atomic mass is 16.5. The Balaban J connectivity index is 0.994. The number of ether oxygens (including phenoxy) is 2. The first kappa shape index (κ1) is 42.3. The zero-order valence-electron chi connectivity index (χ0n) is 33.3. The number of nitrogens with one attached hydrogen (secondary N) is 5. The number of carbonyl (C=O) groups is 5. The molecule has 7 rings (SSSR count). The topological polar surface area (TPSA) is 274 Å². The second-order valence-electron chi connectivity index (χ2n) is 14.8. The van der Waals surface area contributed by atoms with Crippen molar-refractivity contribution in [3.05, 3.63) is 118 Å². The number of carboxylic acid groups (broad SMARTS) is 2. The van der Waals surface area contributed by atoms with Gasteiger partial charge < -0.3 is 45.6 Å². The fraction of sp³-hybridized carbons (Fsp3) is 0.273. The zero-order chi connectivity index (χ0) is 43.6. The standard InChI is InChI=1S/C44H43N9O9/c45-53-52-30-10-6-27(7-11-30)42(57)47-17-16-46-38(54)23-61-31-12-8-26(9-13-31)41-49-36-19-28(18-34(40(36)51-41)25-4-2-1-3-5-25)43(58)50-37(44(59)60)20-29-22-48-35-15-14-32(21-33(29)35)62-24-39(55)56/h6-15,18-19,21-22,25,37,48H,1-5,16-17,20,23-24H2,(H,46,54)(H,47,57)(H,49,51)(H,50,58)(H,55,56)(H,59,60)/t37-/m0/s1. The lowest BCUT2D eigenvalue weighted by Gasteiger charge is -2.23. The molecule has 0 bridgehead atoms. The number of aromatic nitrogens is 3. The van der Waals surface area contributed by atoms with E-state index in [1.54, 1.807) is 54.7 Å². The summed E-state index contributed by atoms with van der Waals surface area (Å²) >= 11 is 0. The molecule has 2 heterocycles. The van der Waals surface area contributed by atoms with Crippen molar-refractivity contribution < 1.29 is 43.7 Å². The van der Waals surface area contributed by atoms with Crippen molar-refractivity contribution in [1.29, 1.82) is 0 Å². The average Bonchev–Trinajstić information content (AvgIpc) is 3.90. The lowest BCUT2D eigenvalue weighted by molar-refractivity contribution is -0.140. The average molecular weight is 842 g/mol. The van der Waals surface area contributed by atoms with Crippen LogP contribution in [0.1, 0.15) is 69.9 Å². The van der Waals surface area contributed by atoms with Crippen LogP contribution in [0.15, 0.2) is 90.2 Å². The van der Waals surface area contributed by atoms with Gasteiger partial charge in [0.05, 0.1) is 11.0 Å². The van der Waals surface area contributed by atoms with Crippen molar-refractivity contribution >= 4 is 57.3 Å². The number of imidazole rings is 1. The number of azide groups is 1. The summed E-state index contributed by atoms with van der Waals surface area (Å²) < 4.78 is 11.0. The van der Waals surface area contributed by atoms with Crippen LogP contribution in [0.25, 0.3) is 43.8 Å². The van der Waals surface area contributed by atoms with E-state index < -0.39 is 30.5 Å². The van der Waals surface area contributed by atoms with Crippen LogP contribution in [0.5, 0.6) is 11.5 Å². The van der Waals surface area contributed by atoms with Gasteiger partial charge in [0.15, 0.2) is 13.2 Å². The summed E-state index contributed by atoms with van der Waals surface area (Å²) in [5.41, 5.74) is 13.9. The Bertz CT molecular complexity index is 2660. The maximum atomic E-state index is 13.9. The number of benzene rings is 4. The second kappa shape index (κ2) is 19.5. The normalized spacial score (nSPS) is 13.2. The highest BCUT2D eigenvalue weighted by Gasteiger charge is 2.26. The predicted molar refractivity (Wildman–Crippen MR) is 227 cm³/mol. The number of carboxylic acids is 2. The minimum Gasteiger partial charge on any atom is -0.484 e. The summed E-state index contributed by atoms with van der Waals surface area (Å²) in [6.07, 6.45) is 6.70. The van der Waals surface area contributed by atoms with Gasteiger partial charge in [0, 0.05) is 63.9 Å². The van der Waals surface area contributed by atoms with E-state index in [0.29, 0.717) is 56.1 Å². The lowest BCUT2D eigenvalue weighted by Crippen LogP contribution is -2.42. The van der Waals surface area contributed by atoms with E-state index in [2.05, 4.69) is 35.9 Å². The van der Waals surface area contributed by atoms with E-state index in [1.807, 2.05) is 6.07 Å². The van der Waals surface area contributed by atoms with Crippen LogP contribution in [0.2, 0.25) is 0 Å². The lowest BCUT2D eigenvalue weighted by atomic mass is 9.83. The Kier molecular flexibility index (Phi) is 13.3. The highest BCUT2D eigenvalue weighted by Crippen LogP contribution is 2.37. The number of rotatable bonds is 18. The summed E-state index contributed by atoms with van der Waals surface area (Å²) in [4.78, 5) is 76.3. The molecule has 6 aromatic rings. The second-order valence-corrected chi connectivity index (χ2v) is 14.8. The van der Waals surface area contributed by atoms with Crippen LogP contribution >= 0.6 is 0 Å². The van der Waals surface area contributed by atoms with Crippen LogP contribution in [0, 0.1) is 0 Å². The number of hydrogen-bond acceptors (Lipinski definition) is 9. The molecule has 1 aliphatic rings. The number of carbonyl (C=O) groups excluding carboxylic acids is 3. The van der Waals surface area contributed by atoms with Gasteiger partial charge in [-0.25, -0.2) is 14.6 Å². The first-order valence-corrected chi connectivity index (χ1v) is 20.0. The molecule has 2 aromatic heterocycles. The summed E-state index contributed by atoms with van der Waals surface area (Å²) in [6, 6.07) is 20.4. The van der Waals surface area contributed by atoms with Gasteiger partial charge in [-0.2, -0.15) is 0 Å². The molecule has 1 fully saturated rings. The number of nitrogens with zero attached hydrogens (tertiary/aromatic N) is 4. The van der Waals surface area contributed by atoms with Gasteiger partial charge in [0.2, 0.25) is 0 Å². The quantitative estimate of drug-likeness (QED) is 0.0213. The van der Waals surface area contributed by atoms with Gasteiger partial charge in [0.25, 0.3) is 17.7 Å². The minimum absolute atomic E-state index is 0.0426. The fourth-order valence-corrected chi connectivity index (χ4v) is 7.48. The molecular formula is C44H43N9O9. The Morgan fingerprint density at radius 3 is 2.27 bits per heavy atom. The maximum Gasteiger partial charge on any atom is 0.341 e. The van der Waals surface area contributed by atoms with Gasteiger partial charge in [-0.05, 0) is 102 Å². The first-order valence-electron chi connectivity index (χ1n) is 20.0. The van der Waals surface area contributed by atoms with Crippen LogP contribution in [0.4, 0.5) is 5.69 Å². The monoisotopic (exact) mass is 841 g/mol. The molecule has 0 spiro atoms. The molecule has 0 radical (unpaired) electrons. The summed E-state index contributed by atoms with van der Waals surface area (Å²) in [7, 11) is 0. The van der Waals surface area contributed by atoms with Crippen molar-refractivity contribution in [3.8, 4) is 22.9 Å². The molecule has 1 aliphatic carbocycles.